The van der Waals surface area contributed by atoms with Crippen molar-refractivity contribution in [2.45, 2.75) is 25.7 Å². The van der Waals surface area contributed by atoms with Crippen molar-refractivity contribution in [1.82, 2.24) is 5.06 Å². The van der Waals surface area contributed by atoms with E-state index in [1.807, 2.05) is 37.4 Å². The van der Waals surface area contributed by atoms with Crippen molar-refractivity contribution in [2.24, 2.45) is 0 Å². The highest BCUT2D eigenvalue weighted by Crippen LogP contribution is 2.32. The molecule has 0 saturated carbocycles. The van der Waals surface area contributed by atoms with Gasteiger partial charge in [0.15, 0.2) is 0 Å². The third-order valence-corrected chi connectivity index (χ3v) is 2.62. The van der Waals surface area contributed by atoms with E-state index in [2.05, 4.69) is 0 Å². The second-order valence-electron chi connectivity index (χ2n) is 3.85. The molecule has 2 atom stereocenters. The molecule has 1 aromatic rings. The predicted octanol–water partition coefficient (Wildman–Crippen LogP) is 1.88. The monoisotopic (exact) mass is 221 g/mol. The molecule has 0 aromatic heterocycles. The molecular weight excluding hydrogens is 206 g/mol. The Morgan fingerprint density at radius 1 is 1.44 bits per heavy atom. The molecule has 16 heavy (non-hydrogen) atoms. The summed E-state index contributed by atoms with van der Waals surface area (Å²) < 4.78 is 5.03. The van der Waals surface area contributed by atoms with Gasteiger partial charge in [0.2, 0.25) is 6.29 Å². The SMILES string of the molecule is CC(=O)O[C@@H]1C[C@@H](c2ccccc2)N(C)O1. The zero-order valence-corrected chi connectivity index (χ0v) is 9.42. The van der Waals surface area contributed by atoms with E-state index in [0.717, 1.165) is 0 Å². The van der Waals surface area contributed by atoms with E-state index in [-0.39, 0.29) is 12.0 Å². The van der Waals surface area contributed by atoms with Gasteiger partial charge in [-0.3, -0.25) is 9.63 Å². The van der Waals surface area contributed by atoms with E-state index in [4.69, 9.17) is 9.57 Å². The van der Waals surface area contributed by atoms with Gasteiger partial charge in [-0.2, -0.15) is 5.06 Å². The van der Waals surface area contributed by atoms with Gasteiger partial charge in [-0.15, -0.1) is 0 Å². The fourth-order valence-electron chi connectivity index (χ4n) is 1.91. The van der Waals surface area contributed by atoms with Crippen molar-refractivity contribution < 1.29 is 14.4 Å². The zero-order chi connectivity index (χ0) is 11.5. The number of rotatable bonds is 2. The molecule has 1 aliphatic heterocycles. The van der Waals surface area contributed by atoms with E-state index in [1.165, 1.54) is 12.5 Å². The molecule has 0 radical (unpaired) electrons. The van der Waals surface area contributed by atoms with Gasteiger partial charge in [-0.1, -0.05) is 30.3 Å². The average Bonchev–Trinajstić information content (AvgIpc) is 2.60. The van der Waals surface area contributed by atoms with Crippen LogP contribution in [0.25, 0.3) is 0 Å². The van der Waals surface area contributed by atoms with Crippen LogP contribution in [-0.4, -0.2) is 24.4 Å². The lowest BCUT2D eigenvalue weighted by Gasteiger charge is -2.16. The first-order valence-corrected chi connectivity index (χ1v) is 5.28. The summed E-state index contributed by atoms with van der Waals surface area (Å²) in [6.45, 7) is 1.39. The second-order valence-corrected chi connectivity index (χ2v) is 3.85. The Kier molecular flexibility index (Phi) is 3.22. The van der Waals surface area contributed by atoms with Crippen LogP contribution in [0.3, 0.4) is 0 Å². The van der Waals surface area contributed by atoms with E-state index >= 15 is 0 Å². The van der Waals surface area contributed by atoms with Crippen molar-refractivity contribution in [1.29, 1.82) is 0 Å². The summed E-state index contributed by atoms with van der Waals surface area (Å²) in [5.74, 6) is -0.313. The fourth-order valence-corrected chi connectivity index (χ4v) is 1.91. The normalized spacial score (nSPS) is 25.6. The maximum Gasteiger partial charge on any atom is 0.304 e. The summed E-state index contributed by atoms with van der Waals surface area (Å²) in [7, 11) is 1.85. The topological polar surface area (TPSA) is 38.8 Å². The lowest BCUT2D eigenvalue weighted by Crippen LogP contribution is -2.19. The minimum atomic E-state index is -0.465. The molecule has 1 saturated heterocycles. The van der Waals surface area contributed by atoms with Crippen molar-refractivity contribution in [3.63, 3.8) is 0 Å². The predicted molar refractivity (Wildman–Crippen MR) is 58.2 cm³/mol. The highest BCUT2D eigenvalue weighted by molar-refractivity contribution is 5.66. The number of hydroxylamine groups is 2. The van der Waals surface area contributed by atoms with Crippen LogP contribution in [0.15, 0.2) is 30.3 Å². The maximum absolute atomic E-state index is 10.8. The number of carbonyl (C=O) groups is 1. The Balaban J connectivity index is 2.05. The number of carbonyl (C=O) groups excluding carboxylic acids is 1. The first-order chi connectivity index (χ1) is 7.66. The smallest absolute Gasteiger partial charge is 0.304 e. The first-order valence-electron chi connectivity index (χ1n) is 5.28. The van der Waals surface area contributed by atoms with E-state index in [9.17, 15) is 4.79 Å². The molecule has 0 N–H and O–H groups in total. The molecule has 0 aliphatic carbocycles. The van der Waals surface area contributed by atoms with Crippen molar-refractivity contribution >= 4 is 5.97 Å². The zero-order valence-electron chi connectivity index (χ0n) is 9.42. The summed E-state index contributed by atoms with van der Waals surface area (Å²) in [5, 5.41) is 1.74. The molecule has 0 unspecified atom stereocenters. The number of esters is 1. The van der Waals surface area contributed by atoms with E-state index < -0.39 is 6.29 Å². The molecule has 86 valence electrons. The van der Waals surface area contributed by atoms with Crippen LogP contribution in [0.5, 0.6) is 0 Å². The first kappa shape index (κ1) is 11.1. The van der Waals surface area contributed by atoms with Gasteiger partial charge in [-0.25, -0.2) is 0 Å². The Hall–Kier alpha value is -1.39. The Labute approximate surface area is 94.7 Å². The quantitative estimate of drug-likeness (QED) is 0.715. The summed E-state index contributed by atoms with van der Waals surface area (Å²) in [5.41, 5.74) is 1.17. The lowest BCUT2D eigenvalue weighted by atomic mass is 10.0. The molecule has 1 aromatic carbocycles. The van der Waals surface area contributed by atoms with Crippen LogP contribution in [0.4, 0.5) is 0 Å². The molecule has 0 bridgehead atoms. The lowest BCUT2D eigenvalue weighted by molar-refractivity contribution is -0.225. The maximum atomic E-state index is 10.8. The number of benzene rings is 1. The molecule has 4 nitrogen and oxygen atoms in total. The van der Waals surface area contributed by atoms with Gasteiger partial charge in [-0.05, 0) is 5.56 Å². The van der Waals surface area contributed by atoms with Crippen molar-refractivity contribution in [3.05, 3.63) is 35.9 Å². The minimum Gasteiger partial charge on any atom is -0.434 e. The third-order valence-electron chi connectivity index (χ3n) is 2.62. The average molecular weight is 221 g/mol. The van der Waals surface area contributed by atoms with Gasteiger partial charge < -0.3 is 4.74 Å². The van der Waals surface area contributed by atoms with Crippen molar-refractivity contribution in [2.75, 3.05) is 7.05 Å². The summed E-state index contributed by atoms with van der Waals surface area (Å²) in [6.07, 6.45) is 0.202. The van der Waals surface area contributed by atoms with Crippen LogP contribution in [-0.2, 0) is 14.4 Å². The number of hydrogen-bond acceptors (Lipinski definition) is 4. The van der Waals surface area contributed by atoms with Gasteiger partial charge in [0.1, 0.15) is 0 Å². The Bertz CT molecular complexity index is 366. The molecule has 1 aliphatic rings. The highest BCUT2D eigenvalue weighted by Gasteiger charge is 2.33. The molecule has 1 fully saturated rings. The van der Waals surface area contributed by atoms with Crippen LogP contribution < -0.4 is 0 Å². The minimum absolute atomic E-state index is 0.144. The van der Waals surface area contributed by atoms with Crippen molar-refractivity contribution in [3.8, 4) is 0 Å². The molecular formula is C12H15NO3. The molecule has 2 rings (SSSR count). The van der Waals surface area contributed by atoms with Gasteiger partial charge in [0.25, 0.3) is 0 Å². The number of hydrogen-bond donors (Lipinski definition) is 0. The van der Waals surface area contributed by atoms with Crippen LogP contribution in [0.1, 0.15) is 24.9 Å². The molecule has 0 spiro atoms. The van der Waals surface area contributed by atoms with Crippen LogP contribution in [0.2, 0.25) is 0 Å². The summed E-state index contributed by atoms with van der Waals surface area (Å²) in [4.78, 5) is 16.3. The largest absolute Gasteiger partial charge is 0.434 e. The standard InChI is InChI=1S/C12H15NO3/c1-9(14)15-12-8-11(13(2)16-12)10-6-4-3-5-7-10/h3-7,11-12H,8H2,1-2H3/t11-,12-/m0/s1. The van der Waals surface area contributed by atoms with Gasteiger partial charge in [0, 0.05) is 20.4 Å². The molecule has 1 heterocycles. The Morgan fingerprint density at radius 3 is 2.75 bits per heavy atom. The number of nitrogens with zero attached hydrogens (tertiary/aromatic N) is 1. The van der Waals surface area contributed by atoms with Crippen LogP contribution in [0, 0.1) is 0 Å². The molecule has 4 heteroatoms. The second kappa shape index (κ2) is 4.63. The molecule has 0 amide bonds. The fraction of sp³-hybridized carbons (Fsp3) is 0.417. The van der Waals surface area contributed by atoms with Gasteiger partial charge in [0.05, 0.1) is 6.04 Å². The van der Waals surface area contributed by atoms with E-state index in [1.54, 1.807) is 5.06 Å². The summed E-state index contributed by atoms with van der Waals surface area (Å²) in [6, 6.07) is 10.2. The third kappa shape index (κ3) is 2.40. The van der Waals surface area contributed by atoms with Gasteiger partial charge >= 0.3 is 5.97 Å². The van der Waals surface area contributed by atoms with Crippen LogP contribution >= 0.6 is 0 Å². The Morgan fingerprint density at radius 2 is 2.12 bits per heavy atom. The highest BCUT2D eigenvalue weighted by atomic mass is 16.8. The summed E-state index contributed by atoms with van der Waals surface area (Å²) >= 11 is 0. The van der Waals surface area contributed by atoms with E-state index in [0.29, 0.717) is 6.42 Å². The number of ether oxygens (including phenoxy) is 1.